The molecule has 1 aromatic rings. The summed E-state index contributed by atoms with van der Waals surface area (Å²) in [7, 11) is 0. The molecule has 0 radical (unpaired) electrons. The van der Waals surface area contributed by atoms with Gasteiger partial charge in [-0.05, 0) is 43.5 Å². The van der Waals surface area contributed by atoms with E-state index in [0.29, 0.717) is 18.7 Å². The van der Waals surface area contributed by atoms with Gasteiger partial charge < -0.3 is 15.8 Å². The van der Waals surface area contributed by atoms with E-state index in [2.05, 4.69) is 12.2 Å². The van der Waals surface area contributed by atoms with E-state index in [1.165, 1.54) is 0 Å². The molecule has 0 bridgehead atoms. The smallest absolute Gasteiger partial charge is 0.224 e. The van der Waals surface area contributed by atoms with Crippen molar-refractivity contribution in [3.05, 3.63) is 23.8 Å². The first-order chi connectivity index (χ1) is 8.63. The molecule has 1 aromatic carbocycles. The van der Waals surface area contributed by atoms with Crippen LogP contribution in [0.1, 0.15) is 31.7 Å². The van der Waals surface area contributed by atoms with Crippen LogP contribution >= 0.6 is 0 Å². The van der Waals surface area contributed by atoms with Crippen LogP contribution in [0.4, 0.5) is 11.4 Å². The molecule has 1 rings (SSSR count). The predicted molar refractivity (Wildman–Crippen MR) is 74.6 cm³/mol. The molecule has 4 nitrogen and oxygen atoms in total. The van der Waals surface area contributed by atoms with Crippen molar-refractivity contribution >= 4 is 17.3 Å². The van der Waals surface area contributed by atoms with Crippen molar-refractivity contribution in [1.29, 1.82) is 0 Å². The molecule has 3 N–H and O–H groups in total. The third-order valence-electron chi connectivity index (χ3n) is 2.57. The summed E-state index contributed by atoms with van der Waals surface area (Å²) in [5, 5.41) is 2.88. The average Bonchev–Trinajstić information content (AvgIpc) is 2.32. The molecule has 0 aliphatic rings. The van der Waals surface area contributed by atoms with E-state index in [0.717, 1.165) is 30.7 Å². The van der Waals surface area contributed by atoms with E-state index in [1.54, 1.807) is 6.07 Å². The number of hydrogen-bond acceptors (Lipinski definition) is 3. The van der Waals surface area contributed by atoms with E-state index in [4.69, 9.17) is 10.5 Å². The molecule has 1 amide bonds. The van der Waals surface area contributed by atoms with Crippen molar-refractivity contribution in [2.45, 2.75) is 33.1 Å². The van der Waals surface area contributed by atoms with Crippen molar-refractivity contribution < 1.29 is 9.53 Å². The SMILES string of the molecule is CCCOCCCC(=O)Nc1ccc(N)cc1C. The number of nitrogen functional groups attached to an aromatic ring is 1. The minimum Gasteiger partial charge on any atom is -0.399 e. The van der Waals surface area contributed by atoms with Gasteiger partial charge in [-0.3, -0.25) is 4.79 Å². The van der Waals surface area contributed by atoms with Crippen molar-refractivity contribution in [2.75, 3.05) is 24.3 Å². The quantitative estimate of drug-likeness (QED) is 0.577. The molecule has 0 saturated carbocycles. The fraction of sp³-hybridized carbons (Fsp3) is 0.500. The summed E-state index contributed by atoms with van der Waals surface area (Å²) in [5.41, 5.74) is 8.16. The van der Waals surface area contributed by atoms with Gasteiger partial charge in [-0.25, -0.2) is 0 Å². The van der Waals surface area contributed by atoms with Crippen molar-refractivity contribution in [1.82, 2.24) is 0 Å². The Kier molecular flexibility index (Phi) is 6.22. The van der Waals surface area contributed by atoms with Crippen LogP contribution in [0, 0.1) is 6.92 Å². The summed E-state index contributed by atoms with van der Waals surface area (Å²) in [4.78, 5) is 11.7. The topological polar surface area (TPSA) is 64.3 Å². The number of hydrogen-bond donors (Lipinski definition) is 2. The van der Waals surface area contributed by atoms with Gasteiger partial charge in [0.15, 0.2) is 0 Å². The fourth-order valence-corrected chi connectivity index (χ4v) is 1.62. The van der Waals surface area contributed by atoms with Gasteiger partial charge in [0.1, 0.15) is 0 Å². The van der Waals surface area contributed by atoms with E-state index >= 15 is 0 Å². The molecule has 100 valence electrons. The van der Waals surface area contributed by atoms with Crippen molar-refractivity contribution in [2.24, 2.45) is 0 Å². The maximum atomic E-state index is 11.7. The second-order valence-electron chi connectivity index (χ2n) is 4.34. The lowest BCUT2D eigenvalue weighted by atomic mass is 10.1. The lowest BCUT2D eigenvalue weighted by molar-refractivity contribution is -0.116. The molecular weight excluding hydrogens is 228 g/mol. The highest BCUT2D eigenvalue weighted by Gasteiger charge is 2.04. The second kappa shape index (κ2) is 7.71. The number of nitrogens with two attached hydrogens (primary N) is 1. The molecule has 0 spiro atoms. The van der Waals surface area contributed by atoms with E-state index in [-0.39, 0.29) is 5.91 Å². The van der Waals surface area contributed by atoms with Crippen molar-refractivity contribution in [3.8, 4) is 0 Å². The van der Waals surface area contributed by atoms with Crippen LogP contribution in [-0.2, 0) is 9.53 Å². The molecule has 0 atom stereocenters. The Labute approximate surface area is 109 Å². The van der Waals surface area contributed by atoms with Crippen LogP contribution in [0.5, 0.6) is 0 Å². The zero-order valence-corrected chi connectivity index (χ0v) is 11.2. The Morgan fingerprint density at radius 2 is 2.17 bits per heavy atom. The predicted octanol–water partition coefficient (Wildman–Crippen LogP) is 2.72. The largest absolute Gasteiger partial charge is 0.399 e. The monoisotopic (exact) mass is 250 g/mol. The number of carbonyl (C=O) groups is 1. The maximum absolute atomic E-state index is 11.7. The molecule has 18 heavy (non-hydrogen) atoms. The maximum Gasteiger partial charge on any atom is 0.224 e. The van der Waals surface area contributed by atoms with Gasteiger partial charge >= 0.3 is 0 Å². The minimum absolute atomic E-state index is 0.0166. The van der Waals surface area contributed by atoms with Gasteiger partial charge in [0.2, 0.25) is 5.91 Å². The van der Waals surface area contributed by atoms with Crippen LogP contribution in [0.25, 0.3) is 0 Å². The second-order valence-corrected chi connectivity index (χ2v) is 4.34. The van der Waals surface area contributed by atoms with Crippen LogP contribution < -0.4 is 11.1 Å². The molecule has 0 saturated heterocycles. The number of ether oxygens (including phenoxy) is 1. The van der Waals surface area contributed by atoms with E-state index in [1.807, 2.05) is 19.1 Å². The number of anilines is 2. The molecule has 0 unspecified atom stereocenters. The van der Waals surface area contributed by atoms with Gasteiger partial charge in [-0.2, -0.15) is 0 Å². The molecule has 0 heterocycles. The van der Waals surface area contributed by atoms with Gasteiger partial charge in [-0.1, -0.05) is 6.92 Å². The highest BCUT2D eigenvalue weighted by atomic mass is 16.5. The minimum atomic E-state index is 0.0166. The number of nitrogens with one attached hydrogen (secondary N) is 1. The van der Waals surface area contributed by atoms with Gasteiger partial charge in [0, 0.05) is 31.0 Å². The summed E-state index contributed by atoms with van der Waals surface area (Å²) >= 11 is 0. The third-order valence-corrected chi connectivity index (χ3v) is 2.57. The van der Waals surface area contributed by atoms with Crippen molar-refractivity contribution in [3.63, 3.8) is 0 Å². The molecule has 4 heteroatoms. The zero-order chi connectivity index (χ0) is 13.4. The summed E-state index contributed by atoms with van der Waals surface area (Å²) < 4.78 is 5.33. The first-order valence-electron chi connectivity index (χ1n) is 6.37. The van der Waals surface area contributed by atoms with E-state index in [9.17, 15) is 4.79 Å². The van der Waals surface area contributed by atoms with Gasteiger partial charge in [0.05, 0.1) is 0 Å². The summed E-state index contributed by atoms with van der Waals surface area (Å²) in [6.45, 7) is 5.40. The van der Waals surface area contributed by atoms with Crippen LogP contribution in [0.15, 0.2) is 18.2 Å². The highest BCUT2D eigenvalue weighted by molar-refractivity contribution is 5.91. The van der Waals surface area contributed by atoms with Crippen LogP contribution in [0.2, 0.25) is 0 Å². The van der Waals surface area contributed by atoms with E-state index < -0.39 is 0 Å². The summed E-state index contributed by atoms with van der Waals surface area (Å²) in [6, 6.07) is 5.46. The normalized spacial score (nSPS) is 10.3. The number of carbonyl (C=O) groups excluding carboxylic acids is 1. The average molecular weight is 250 g/mol. The molecule has 0 aliphatic heterocycles. The van der Waals surface area contributed by atoms with Gasteiger partial charge in [0.25, 0.3) is 0 Å². The van der Waals surface area contributed by atoms with Crippen LogP contribution in [0.3, 0.4) is 0 Å². The molecule has 0 aromatic heterocycles. The Hall–Kier alpha value is -1.55. The standard InChI is InChI=1S/C14H22N2O2/c1-3-8-18-9-4-5-14(17)16-13-7-6-12(15)10-11(13)2/h6-7,10H,3-5,8-9,15H2,1-2H3,(H,16,17). The highest BCUT2D eigenvalue weighted by Crippen LogP contribution is 2.17. The first kappa shape index (κ1) is 14.5. The fourth-order valence-electron chi connectivity index (χ4n) is 1.62. The first-order valence-corrected chi connectivity index (χ1v) is 6.37. The summed E-state index contributed by atoms with van der Waals surface area (Å²) in [5.74, 6) is 0.0166. The lowest BCUT2D eigenvalue weighted by Gasteiger charge is -2.09. The Morgan fingerprint density at radius 1 is 1.39 bits per heavy atom. The Bertz CT molecular complexity index is 391. The number of aryl methyl sites for hydroxylation is 1. The summed E-state index contributed by atoms with van der Waals surface area (Å²) in [6.07, 6.45) is 2.24. The zero-order valence-electron chi connectivity index (χ0n) is 11.2. The number of benzene rings is 1. The van der Waals surface area contributed by atoms with Crippen LogP contribution in [-0.4, -0.2) is 19.1 Å². The Morgan fingerprint density at radius 3 is 2.83 bits per heavy atom. The Balaban J connectivity index is 2.31. The van der Waals surface area contributed by atoms with Gasteiger partial charge in [-0.15, -0.1) is 0 Å². The molecule has 0 aliphatic carbocycles. The number of rotatable bonds is 7. The molecule has 0 fully saturated rings. The third kappa shape index (κ3) is 5.19. The number of amides is 1. The molecular formula is C14H22N2O2. The lowest BCUT2D eigenvalue weighted by Crippen LogP contribution is -2.13.